The summed E-state index contributed by atoms with van der Waals surface area (Å²) < 4.78 is 5.38. The van der Waals surface area contributed by atoms with Crippen molar-refractivity contribution in [3.63, 3.8) is 0 Å². The van der Waals surface area contributed by atoms with Gasteiger partial charge >= 0.3 is 0 Å². The third-order valence-corrected chi connectivity index (χ3v) is 4.13. The van der Waals surface area contributed by atoms with Crippen LogP contribution < -0.4 is 16.6 Å². The normalized spacial score (nSPS) is 16.2. The molecule has 4 N–H and O–H groups in total. The Balaban J connectivity index is 1.66. The SMILES string of the molecule is Nc1cc(=O)[nH]c(CCNC(=O)C(c2cccnc2)N2CCOCC2)n1. The number of rotatable bonds is 6. The fourth-order valence-electron chi connectivity index (χ4n) is 2.95. The number of pyridine rings is 1. The quantitative estimate of drug-likeness (QED) is 0.634. The molecule has 138 valence electrons. The molecule has 1 saturated heterocycles. The molecule has 0 bridgehead atoms. The number of morpholine rings is 1. The van der Waals surface area contributed by atoms with Gasteiger partial charge in [-0.1, -0.05) is 6.07 Å². The van der Waals surface area contributed by atoms with E-state index in [-0.39, 0.29) is 17.3 Å². The van der Waals surface area contributed by atoms with Crippen molar-refractivity contribution in [1.29, 1.82) is 0 Å². The van der Waals surface area contributed by atoms with E-state index in [0.29, 0.717) is 45.1 Å². The Hall–Kier alpha value is -2.78. The molecule has 1 amide bonds. The van der Waals surface area contributed by atoms with E-state index in [2.05, 4.69) is 25.2 Å². The van der Waals surface area contributed by atoms with Crippen LogP contribution in [-0.2, 0) is 16.0 Å². The number of aromatic nitrogens is 3. The number of amides is 1. The maximum atomic E-state index is 12.8. The summed E-state index contributed by atoms with van der Waals surface area (Å²) in [7, 11) is 0. The van der Waals surface area contributed by atoms with Crippen LogP contribution in [0, 0.1) is 0 Å². The molecule has 0 aliphatic carbocycles. The summed E-state index contributed by atoms with van der Waals surface area (Å²) in [5.74, 6) is 0.488. The van der Waals surface area contributed by atoms with Gasteiger partial charge in [0.2, 0.25) is 5.91 Å². The monoisotopic (exact) mass is 358 g/mol. The second-order valence-corrected chi connectivity index (χ2v) is 6.00. The highest BCUT2D eigenvalue weighted by Gasteiger charge is 2.29. The fourth-order valence-corrected chi connectivity index (χ4v) is 2.95. The van der Waals surface area contributed by atoms with Crippen molar-refractivity contribution < 1.29 is 9.53 Å². The first-order chi connectivity index (χ1) is 12.6. The van der Waals surface area contributed by atoms with Crippen LogP contribution >= 0.6 is 0 Å². The Morgan fingerprint density at radius 3 is 2.92 bits per heavy atom. The number of ether oxygens (including phenoxy) is 1. The van der Waals surface area contributed by atoms with Crippen LogP contribution in [0.1, 0.15) is 17.4 Å². The standard InChI is InChI=1S/C17H22N6O3/c18-13-10-15(24)22-14(21-13)3-5-20-17(25)16(12-2-1-4-19-11-12)23-6-8-26-9-7-23/h1-2,4,10-11,16H,3,5-9H2,(H,20,25)(H3,18,21,22,24). The number of aromatic amines is 1. The predicted molar refractivity (Wildman–Crippen MR) is 95.4 cm³/mol. The number of carbonyl (C=O) groups is 1. The van der Waals surface area contributed by atoms with Crippen LogP contribution in [0.15, 0.2) is 35.4 Å². The average molecular weight is 358 g/mol. The zero-order valence-electron chi connectivity index (χ0n) is 14.4. The average Bonchev–Trinajstić information content (AvgIpc) is 2.63. The molecule has 0 saturated carbocycles. The minimum atomic E-state index is -0.430. The van der Waals surface area contributed by atoms with Gasteiger partial charge in [0.05, 0.1) is 13.2 Å². The van der Waals surface area contributed by atoms with Gasteiger partial charge in [-0.2, -0.15) is 0 Å². The molecule has 9 heteroatoms. The Kier molecular flexibility index (Phi) is 5.92. The molecule has 3 heterocycles. The first-order valence-electron chi connectivity index (χ1n) is 8.48. The lowest BCUT2D eigenvalue weighted by molar-refractivity contribution is -0.128. The van der Waals surface area contributed by atoms with E-state index in [1.54, 1.807) is 12.4 Å². The molecule has 0 aromatic carbocycles. The number of hydrogen-bond acceptors (Lipinski definition) is 7. The molecule has 1 fully saturated rings. The summed E-state index contributed by atoms with van der Waals surface area (Å²) in [5, 5.41) is 2.91. The Morgan fingerprint density at radius 2 is 2.23 bits per heavy atom. The summed E-state index contributed by atoms with van der Waals surface area (Å²) in [6, 6.07) is 4.50. The van der Waals surface area contributed by atoms with E-state index >= 15 is 0 Å². The molecule has 9 nitrogen and oxygen atoms in total. The van der Waals surface area contributed by atoms with E-state index in [1.165, 1.54) is 6.07 Å². The van der Waals surface area contributed by atoms with Crippen LogP contribution in [0.2, 0.25) is 0 Å². The van der Waals surface area contributed by atoms with Crippen molar-refractivity contribution in [2.45, 2.75) is 12.5 Å². The van der Waals surface area contributed by atoms with E-state index in [0.717, 1.165) is 5.56 Å². The Bertz CT molecular complexity index is 789. The Labute approximate surface area is 150 Å². The summed E-state index contributed by atoms with van der Waals surface area (Å²) in [4.78, 5) is 37.1. The van der Waals surface area contributed by atoms with E-state index in [1.807, 2.05) is 12.1 Å². The molecular weight excluding hydrogens is 336 g/mol. The van der Waals surface area contributed by atoms with E-state index < -0.39 is 6.04 Å². The van der Waals surface area contributed by atoms with Gasteiger partial charge in [0, 0.05) is 44.5 Å². The molecule has 2 aromatic rings. The number of nitrogens with two attached hydrogens (primary N) is 1. The van der Waals surface area contributed by atoms with E-state index in [9.17, 15) is 9.59 Å². The zero-order chi connectivity index (χ0) is 18.4. The number of anilines is 1. The molecule has 2 aromatic heterocycles. The van der Waals surface area contributed by atoms with Crippen molar-refractivity contribution in [2.24, 2.45) is 0 Å². The zero-order valence-corrected chi connectivity index (χ0v) is 14.4. The van der Waals surface area contributed by atoms with Gasteiger partial charge in [0.25, 0.3) is 5.56 Å². The maximum Gasteiger partial charge on any atom is 0.252 e. The highest BCUT2D eigenvalue weighted by molar-refractivity contribution is 5.83. The van der Waals surface area contributed by atoms with Gasteiger partial charge in [-0.05, 0) is 11.6 Å². The van der Waals surface area contributed by atoms with Gasteiger partial charge in [0.1, 0.15) is 17.7 Å². The third-order valence-electron chi connectivity index (χ3n) is 4.13. The summed E-state index contributed by atoms with van der Waals surface area (Å²) in [6.45, 7) is 2.89. The molecule has 1 aliphatic rings. The van der Waals surface area contributed by atoms with Gasteiger partial charge in [0.15, 0.2) is 0 Å². The number of carbonyl (C=O) groups excluding carboxylic acids is 1. The molecule has 0 radical (unpaired) electrons. The van der Waals surface area contributed by atoms with Gasteiger partial charge in [-0.15, -0.1) is 0 Å². The van der Waals surface area contributed by atoms with Crippen molar-refractivity contribution in [3.8, 4) is 0 Å². The van der Waals surface area contributed by atoms with Crippen molar-refractivity contribution in [2.75, 3.05) is 38.6 Å². The van der Waals surface area contributed by atoms with Crippen molar-refractivity contribution in [3.05, 3.63) is 52.3 Å². The molecule has 1 aliphatic heterocycles. The molecule has 26 heavy (non-hydrogen) atoms. The first kappa shape index (κ1) is 18.0. The van der Waals surface area contributed by atoms with Crippen LogP contribution in [0.4, 0.5) is 5.82 Å². The second kappa shape index (κ2) is 8.54. The summed E-state index contributed by atoms with van der Waals surface area (Å²) in [5.41, 5.74) is 6.10. The third kappa shape index (κ3) is 4.64. The van der Waals surface area contributed by atoms with Crippen LogP contribution in [0.3, 0.4) is 0 Å². The topological polar surface area (TPSA) is 126 Å². The van der Waals surface area contributed by atoms with Gasteiger partial charge in [-0.25, -0.2) is 4.98 Å². The molecule has 3 rings (SSSR count). The van der Waals surface area contributed by atoms with E-state index in [4.69, 9.17) is 10.5 Å². The first-order valence-corrected chi connectivity index (χ1v) is 8.48. The highest BCUT2D eigenvalue weighted by atomic mass is 16.5. The lowest BCUT2D eigenvalue weighted by Crippen LogP contribution is -2.46. The summed E-state index contributed by atoms with van der Waals surface area (Å²) >= 11 is 0. The predicted octanol–water partition coefficient (Wildman–Crippen LogP) is -0.521. The smallest absolute Gasteiger partial charge is 0.252 e. The largest absolute Gasteiger partial charge is 0.383 e. The summed E-state index contributed by atoms with van der Waals surface area (Å²) in [6.07, 6.45) is 3.77. The van der Waals surface area contributed by atoms with Gasteiger partial charge in [-0.3, -0.25) is 19.5 Å². The maximum absolute atomic E-state index is 12.8. The molecule has 0 spiro atoms. The Morgan fingerprint density at radius 1 is 1.42 bits per heavy atom. The number of nitrogens with one attached hydrogen (secondary N) is 2. The van der Waals surface area contributed by atoms with Crippen molar-refractivity contribution >= 4 is 11.7 Å². The number of H-pyrrole nitrogens is 1. The molecular formula is C17H22N6O3. The number of nitrogens with zero attached hydrogens (tertiary/aromatic N) is 3. The lowest BCUT2D eigenvalue weighted by atomic mass is 10.1. The van der Waals surface area contributed by atoms with Crippen LogP contribution in [-0.4, -0.2) is 58.6 Å². The number of nitrogen functional groups attached to an aromatic ring is 1. The minimum absolute atomic E-state index is 0.119. The molecule has 1 atom stereocenters. The number of hydrogen-bond donors (Lipinski definition) is 3. The molecule has 1 unspecified atom stereocenters. The highest BCUT2D eigenvalue weighted by Crippen LogP contribution is 2.21. The van der Waals surface area contributed by atoms with Gasteiger partial charge < -0.3 is 20.8 Å². The lowest BCUT2D eigenvalue weighted by Gasteiger charge is -2.33. The second-order valence-electron chi connectivity index (χ2n) is 6.00. The van der Waals surface area contributed by atoms with Crippen LogP contribution in [0.25, 0.3) is 0 Å². The van der Waals surface area contributed by atoms with Crippen LogP contribution in [0.5, 0.6) is 0 Å². The fraction of sp³-hybridized carbons (Fsp3) is 0.412. The van der Waals surface area contributed by atoms with Crippen molar-refractivity contribution in [1.82, 2.24) is 25.2 Å². The minimum Gasteiger partial charge on any atom is -0.383 e.